The fourth-order valence-electron chi connectivity index (χ4n) is 2.87. The SMILES string of the molecule is Cc1ccccc1C(=O)N(C)[C@H](C)c1ccc2ccccc2c1. The van der Waals surface area contributed by atoms with Gasteiger partial charge in [-0.3, -0.25) is 4.79 Å². The van der Waals surface area contributed by atoms with Crippen molar-refractivity contribution >= 4 is 16.7 Å². The average Bonchev–Trinajstić information content (AvgIpc) is 2.60. The van der Waals surface area contributed by atoms with Gasteiger partial charge in [0.05, 0.1) is 6.04 Å². The van der Waals surface area contributed by atoms with Crippen molar-refractivity contribution in [3.8, 4) is 0 Å². The summed E-state index contributed by atoms with van der Waals surface area (Å²) in [6, 6.07) is 22.4. The van der Waals surface area contributed by atoms with Gasteiger partial charge in [-0.05, 0) is 47.9 Å². The first-order chi connectivity index (χ1) is 11.1. The van der Waals surface area contributed by atoms with Crippen molar-refractivity contribution in [2.45, 2.75) is 19.9 Å². The van der Waals surface area contributed by atoms with Crippen LogP contribution in [0.25, 0.3) is 10.8 Å². The molecule has 23 heavy (non-hydrogen) atoms. The molecule has 0 N–H and O–H groups in total. The molecule has 0 aliphatic rings. The van der Waals surface area contributed by atoms with Crippen LogP contribution < -0.4 is 0 Å². The molecule has 1 atom stereocenters. The minimum Gasteiger partial charge on any atom is -0.335 e. The van der Waals surface area contributed by atoms with E-state index in [1.807, 2.05) is 55.3 Å². The van der Waals surface area contributed by atoms with Gasteiger partial charge in [-0.2, -0.15) is 0 Å². The topological polar surface area (TPSA) is 20.3 Å². The molecule has 0 saturated heterocycles. The zero-order valence-corrected chi connectivity index (χ0v) is 13.8. The Kier molecular flexibility index (Phi) is 4.16. The Morgan fingerprint density at radius 1 is 0.913 bits per heavy atom. The predicted octanol–water partition coefficient (Wildman–Crippen LogP) is 4.98. The zero-order chi connectivity index (χ0) is 16.4. The molecule has 3 aromatic rings. The Hall–Kier alpha value is -2.61. The van der Waals surface area contributed by atoms with Crippen LogP contribution in [-0.4, -0.2) is 17.9 Å². The minimum absolute atomic E-state index is 0.0201. The quantitative estimate of drug-likeness (QED) is 0.668. The van der Waals surface area contributed by atoms with Crippen molar-refractivity contribution in [3.63, 3.8) is 0 Å². The first-order valence-electron chi connectivity index (χ1n) is 7.89. The van der Waals surface area contributed by atoms with Crippen LogP contribution in [0.1, 0.15) is 34.5 Å². The van der Waals surface area contributed by atoms with E-state index in [4.69, 9.17) is 0 Å². The lowest BCUT2D eigenvalue weighted by Crippen LogP contribution is -2.30. The highest BCUT2D eigenvalue weighted by atomic mass is 16.2. The van der Waals surface area contributed by atoms with Crippen LogP contribution in [0.2, 0.25) is 0 Å². The third kappa shape index (κ3) is 2.98. The van der Waals surface area contributed by atoms with Crippen LogP contribution >= 0.6 is 0 Å². The van der Waals surface area contributed by atoms with Gasteiger partial charge in [0, 0.05) is 12.6 Å². The molecule has 0 aromatic heterocycles. The minimum atomic E-state index is 0.0201. The van der Waals surface area contributed by atoms with E-state index in [2.05, 4.69) is 37.3 Å². The Labute approximate surface area is 137 Å². The monoisotopic (exact) mass is 303 g/mol. The summed E-state index contributed by atoms with van der Waals surface area (Å²) < 4.78 is 0. The van der Waals surface area contributed by atoms with E-state index >= 15 is 0 Å². The van der Waals surface area contributed by atoms with E-state index in [9.17, 15) is 4.79 Å². The van der Waals surface area contributed by atoms with Crippen LogP contribution in [0, 0.1) is 6.92 Å². The number of fused-ring (bicyclic) bond motifs is 1. The highest BCUT2D eigenvalue weighted by molar-refractivity contribution is 5.95. The molecular formula is C21H21NO. The van der Waals surface area contributed by atoms with Crippen molar-refractivity contribution in [2.75, 3.05) is 7.05 Å². The zero-order valence-electron chi connectivity index (χ0n) is 13.8. The molecule has 0 aliphatic heterocycles. The molecule has 3 aromatic carbocycles. The van der Waals surface area contributed by atoms with Gasteiger partial charge in [0.15, 0.2) is 0 Å². The van der Waals surface area contributed by atoms with Crippen LogP contribution in [-0.2, 0) is 0 Å². The van der Waals surface area contributed by atoms with E-state index in [-0.39, 0.29) is 11.9 Å². The maximum atomic E-state index is 12.8. The normalized spacial score (nSPS) is 12.1. The fourth-order valence-corrected chi connectivity index (χ4v) is 2.87. The molecule has 3 rings (SSSR count). The molecule has 0 aliphatic carbocycles. The summed E-state index contributed by atoms with van der Waals surface area (Å²) in [7, 11) is 1.87. The smallest absolute Gasteiger partial charge is 0.254 e. The largest absolute Gasteiger partial charge is 0.335 e. The number of amides is 1. The number of hydrogen-bond donors (Lipinski definition) is 0. The second-order valence-electron chi connectivity index (χ2n) is 6.01. The molecule has 0 bridgehead atoms. The van der Waals surface area contributed by atoms with Crippen LogP contribution in [0.15, 0.2) is 66.7 Å². The summed E-state index contributed by atoms with van der Waals surface area (Å²) in [4.78, 5) is 14.6. The Balaban J connectivity index is 1.90. The number of hydrogen-bond acceptors (Lipinski definition) is 1. The number of rotatable bonds is 3. The number of aryl methyl sites for hydroxylation is 1. The van der Waals surface area contributed by atoms with E-state index < -0.39 is 0 Å². The Morgan fingerprint density at radius 2 is 1.57 bits per heavy atom. The van der Waals surface area contributed by atoms with Crippen molar-refractivity contribution in [1.29, 1.82) is 0 Å². The van der Waals surface area contributed by atoms with Gasteiger partial charge in [-0.1, -0.05) is 54.6 Å². The summed E-state index contributed by atoms with van der Waals surface area (Å²) >= 11 is 0. The van der Waals surface area contributed by atoms with Gasteiger partial charge in [-0.25, -0.2) is 0 Å². The summed E-state index contributed by atoms with van der Waals surface area (Å²) in [6.45, 7) is 4.04. The maximum absolute atomic E-state index is 12.8. The number of carbonyl (C=O) groups excluding carboxylic acids is 1. The predicted molar refractivity (Wildman–Crippen MR) is 95.6 cm³/mol. The molecule has 0 saturated carbocycles. The summed E-state index contributed by atoms with van der Waals surface area (Å²) in [5, 5.41) is 2.42. The molecular weight excluding hydrogens is 282 g/mol. The van der Waals surface area contributed by atoms with E-state index in [1.54, 1.807) is 0 Å². The van der Waals surface area contributed by atoms with E-state index in [0.717, 1.165) is 16.7 Å². The van der Waals surface area contributed by atoms with Gasteiger partial charge >= 0.3 is 0 Å². The molecule has 0 unspecified atom stereocenters. The molecule has 0 radical (unpaired) electrons. The molecule has 1 amide bonds. The average molecular weight is 303 g/mol. The molecule has 116 valence electrons. The summed E-state index contributed by atoms with van der Waals surface area (Å²) in [5.74, 6) is 0.0590. The molecule has 0 heterocycles. The summed E-state index contributed by atoms with van der Waals surface area (Å²) in [6.07, 6.45) is 0. The second-order valence-corrected chi connectivity index (χ2v) is 6.01. The van der Waals surface area contributed by atoms with Crippen LogP contribution in [0.5, 0.6) is 0 Å². The number of carbonyl (C=O) groups is 1. The van der Waals surface area contributed by atoms with Gasteiger partial charge in [0.1, 0.15) is 0 Å². The lowest BCUT2D eigenvalue weighted by atomic mass is 10.0. The van der Waals surface area contributed by atoms with Crippen molar-refractivity contribution in [2.24, 2.45) is 0 Å². The van der Waals surface area contributed by atoms with Crippen LogP contribution in [0.4, 0.5) is 0 Å². The summed E-state index contributed by atoms with van der Waals surface area (Å²) in [5.41, 5.74) is 2.92. The van der Waals surface area contributed by atoms with E-state index in [1.165, 1.54) is 10.8 Å². The molecule has 2 heteroatoms. The van der Waals surface area contributed by atoms with Gasteiger partial charge < -0.3 is 4.90 Å². The Morgan fingerprint density at radius 3 is 2.30 bits per heavy atom. The lowest BCUT2D eigenvalue weighted by molar-refractivity contribution is 0.0742. The van der Waals surface area contributed by atoms with Crippen LogP contribution in [0.3, 0.4) is 0 Å². The standard InChI is InChI=1S/C21H21NO/c1-15-8-4-7-11-20(15)21(23)22(3)16(2)18-13-12-17-9-5-6-10-19(17)14-18/h4-14,16H,1-3H3/t16-/m1/s1. The maximum Gasteiger partial charge on any atom is 0.254 e. The fraction of sp³-hybridized carbons (Fsp3) is 0.190. The first kappa shape index (κ1) is 15.3. The van der Waals surface area contributed by atoms with Crippen molar-refractivity contribution in [3.05, 3.63) is 83.4 Å². The first-order valence-corrected chi connectivity index (χ1v) is 7.89. The van der Waals surface area contributed by atoms with Gasteiger partial charge in [-0.15, -0.1) is 0 Å². The molecule has 0 spiro atoms. The van der Waals surface area contributed by atoms with Gasteiger partial charge in [0.25, 0.3) is 5.91 Å². The molecule has 0 fully saturated rings. The number of benzene rings is 3. The Bertz CT molecular complexity index is 853. The number of nitrogens with zero attached hydrogens (tertiary/aromatic N) is 1. The van der Waals surface area contributed by atoms with Crippen molar-refractivity contribution < 1.29 is 4.79 Å². The van der Waals surface area contributed by atoms with Gasteiger partial charge in [0.2, 0.25) is 0 Å². The third-order valence-electron chi connectivity index (χ3n) is 4.53. The lowest BCUT2D eigenvalue weighted by Gasteiger charge is -2.26. The van der Waals surface area contributed by atoms with Crippen molar-refractivity contribution in [1.82, 2.24) is 4.90 Å². The highest BCUT2D eigenvalue weighted by Gasteiger charge is 2.20. The second kappa shape index (κ2) is 6.25. The highest BCUT2D eigenvalue weighted by Crippen LogP contribution is 2.25. The third-order valence-corrected chi connectivity index (χ3v) is 4.53. The van der Waals surface area contributed by atoms with E-state index in [0.29, 0.717) is 0 Å². The molecule has 2 nitrogen and oxygen atoms in total.